The number of rotatable bonds is 5. The van der Waals surface area contributed by atoms with Crippen LogP contribution < -0.4 is 10.5 Å². The predicted octanol–water partition coefficient (Wildman–Crippen LogP) is 5.07. The molecule has 2 N–H and O–H groups in total. The topological polar surface area (TPSA) is 87.1 Å². The highest BCUT2D eigenvalue weighted by molar-refractivity contribution is 5.60. The number of hydrogen-bond donors (Lipinski definition) is 1. The minimum Gasteiger partial charge on any atom is -0.439 e. The van der Waals surface area contributed by atoms with Crippen LogP contribution in [-0.2, 0) is 12.7 Å². The molecule has 0 fully saturated rings. The van der Waals surface area contributed by atoms with Gasteiger partial charge in [-0.15, -0.1) is 0 Å². The van der Waals surface area contributed by atoms with Gasteiger partial charge in [0.25, 0.3) is 5.89 Å². The van der Waals surface area contributed by atoms with Crippen LogP contribution in [0.5, 0.6) is 11.6 Å². The van der Waals surface area contributed by atoms with Crippen LogP contribution in [0, 0.1) is 0 Å². The Kier molecular flexibility index (Phi) is 5.20. The lowest BCUT2D eigenvalue weighted by Crippen LogP contribution is -2.04. The van der Waals surface area contributed by atoms with Crippen LogP contribution in [0.3, 0.4) is 0 Å². The molecule has 0 atom stereocenters. The SMILES string of the molecule is NCc1ccc(-c2nc(-c3ccnc(Oc4ccc(C(F)(F)F)cc4)c3)no2)cc1. The molecule has 0 aliphatic rings. The third kappa shape index (κ3) is 4.31. The molecule has 0 saturated heterocycles. The number of nitrogens with zero attached hydrogens (tertiary/aromatic N) is 3. The Morgan fingerprint density at radius 2 is 1.67 bits per heavy atom. The predicted molar refractivity (Wildman–Crippen MR) is 102 cm³/mol. The molecule has 2 heterocycles. The highest BCUT2D eigenvalue weighted by Crippen LogP contribution is 2.31. The highest BCUT2D eigenvalue weighted by atomic mass is 19.4. The zero-order valence-corrected chi connectivity index (χ0v) is 15.4. The number of pyridine rings is 1. The molecule has 30 heavy (non-hydrogen) atoms. The van der Waals surface area contributed by atoms with Gasteiger partial charge < -0.3 is 15.0 Å². The molecule has 4 rings (SSSR count). The second kappa shape index (κ2) is 7.96. The molecule has 0 bridgehead atoms. The van der Waals surface area contributed by atoms with Crippen molar-refractivity contribution in [1.82, 2.24) is 15.1 Å². The number of halogens is 3. The molecule has 0 aliphatic heterocycles. The lowest BCUT2D eigenvalue weighted by molar-refractivity contribution is -0.137. The maximum absolute atomic E-state index is 12.7. The Morgan fingerprint density at radius 3 is 2.33 bits per heavy atom. The fourth-order valence-corrected chi connectivity index (χ4v) is 2.68. The van der Waals surface area contributed by atoms with Crippen molar-refractivity contribution in [3.05, 3.63) is 78.0 Å². The van der Waals surface area contributed by atoms with E-state index in [1.807, 2.05) is 24.3 Å². The third-order valence-electron chi connectivity index (χ3n) is 4.26. The smallest absolute Gasteiger partial charge is 0.416 e. The van der Waals surface area contributed by atoms with E-state index in [9.17, 15) is 13.2 Å². The second-order valence-corrected chi connectivity index (χ2v) is 6.33. The normalized spacial score (nSPS) is 11.5. The summed E-state index contributed by atoms with van der Waals surface area (Å²) in [5, 5.41) is 3.97. The maximum Gasteiger partial charge on any atom is 0.416 e. The first-order valence-corrected chi connectivity index (χ1v) is 8.87. The van der Waals surface area contributed by atoms with Gasteiger partial charge in [-0.25, -0.2) is 4.98 Å². The first-order valence-electron chi connectivity index (χ1n) is 8.87. The summed E-state index contributed by atoms with van der Waals surface area (Å²) in [5.74, 6) is 1.08. The zero-order valence-electron chi connectivity index (χ0n) is 15.4. The summed E-state index contributed by atoms with van der Waals surface area (Å²) in [6.45, 7) is 0.439. The maximum atomic E-state index is 12.7. The third-order valence-corrected chi connectivity index (χ3v) is 4.26. The number of alkyl halides is 3. The molecule has 0 saturated carbocycles. The summed E-state index contributed by atoms with van der Waals surface area (Å²) in [6, 6.07) is 15.0. The lowest BCUT2D eigenvalue weighted by Gasteiger charge is -2.08. The van der Waals surface area contributed by atoms with Crippen molar-refractivity contribution in [2.24, 2.45) is 5.73 Å². The highest BCUT2D eigenvalue weighted by Gasteiger charge is 2.30. The van der Waals surface area contributed by atoms with Crippen LogP contribution in [0.15, 0.2) is 71.4 Å². The van der Waals surface area contributed by atoms with E-state index in [2.05, 4.69) is 15.1 Å². The van der Waals surface area contributed by atoms with Gasteiger partial charge in [0.2, 0.25) is 11.7 Å². The van der Waals surface area contributed by atoms with Crippen molar-refractivity contribution < 1.29 is 22.4 Å². The molecule has 9 heteroatoms. The van der Waals surface area contributed by atoms with Crippen molar-refractivity contribution >= 4 is 0 Å². The minimum absolute atomic E-state index is 0.186. The fourth-order valence-electron chi connectivity index (χ4n) is 2.68. The molecule has 0 aliphatic carbocycles. The van der Waals surface area contributed by atoms with Crippen molar-refractivity contribution in [3.8, 4) is 34.5 Å². The number of ether oxygens (including phenoxy) is 1. The van der Waals surface area contributed by atoms with Gasteiger partial charge in [-0.3, -0.25) is 0 Å². The van der Waals surface area contributed by atoms with Gasteiger partial charge in [0.05, 0.1) is 5.56 Å². The standard InChI is InChI=1S/C21H15F3N4O2/c22-21(23,24)16-5-7-17(8-6-16)29-18-11-15(9-10-26-18)19-27-20(30-28-19)14-3-1-13(12-25)2-4-14/h1-11H,12,25H2. The van der Waals surface area contributed by atoms with Gasteiger partial charge in [-0.05, 0) is 48.0 Å². The van der Waals surface area contributed by atoms with Crippen LogP contribution in [0.2, 0.25) is 0 Å². The Labute approximate surface area is 169 Å². The molecule has 2 aromatic heterocycles. The number of hydrogen-bond acceptors (Lipinski definition) is 6. The van der Waals surface area contributed by atoms with Crippen LogP contribution >= 0.6 is 0 Å². The first kappa shape index (κ1) is 19.6. The van der Waals surface area contributed by atoms with E-state index in [0.29, 0.717) is 23.8 Å². The van der Waals surface area contributed by atoms with Crippen LogP contribution in [0.1, 0.15) is 11.1 Å². The largest absolute Gasteiger partial charge is 0.439 e. The quantitative estimate of drug-likeness (QED) is 0.493. The number of nitrogens with two attached hydrogens (primary N) is 1. The van der Waals surface area contributed by atoms with Crippen LogP contribution in [0.25, 0.3) is 22.8 Å². The van der Waals surface area contributed by atoms with E-state index < -0.39 is 11.7 Å². The molecule has 0 unspecified atom stereocenters. The first-order chi connectivity index (χ1) is 14.4. The molecule has 152 valence electrons. The van der Waals surface area contributed by atoms with Crippen molar-refractivity contribution in [1.29, 1.82) is 0 Å². The van der Waals surface area contributed by atoms with Gasteiger partial charge >= 0.3 is 6.18 Å². The summed E-state index contributed by atoms with van der Waals surface area (Å²) in [6.07, 6.45) is -2.92. The van der Waals surface area contributed by atoms with Crippen molar-refractivity contribution in [2.45, 2.75) is 12.7 Å². The van der Waals surface area contributed by atoms with Crippen molar-refractivity contribution in [2.75, 3.05) is 0 Å². The molecular weight excluding hydrogens is 397 g/mol. The van der Waals surface area contributed by atoms with Crippen molar-refractivity contribution in [3.63, 3.8) is 0 Å². The molecule has 0 spiro atoms. The van der Waals surface area contributed by atoms with Gasteiger partial charge in [0.15, 0.2) is 0 Å². The van der Waals surface area contributed by atoms with Gasteiger partial charge in [0.1, 0.15) is 5.75 Å². The molecule has 6 nitrogen and oxygen atoms in total. The van der Waals surface area contributed by atoms with Gasteiger partial charge in [0, 0.05) is 29.9 Å². The van der Waals surface area contributed by atoms with E-state index in [0.717, 1.165) is 23.3 Å². The van der Waals surface area contributed by atoms with E-state index in [1.165, 1.54) is 18.3 Å². The van der Waals surface area contributed by atoms with E-state index in [1.54, 1.807) is 12.1 Å². The lowest BCUT2D eigenvalue weighted by atomic mass is 10.1. The summed E-state index contributed by atoms with van der Waals surface area (Å²) in [4.78, 5) is 8.45. The number of aromatic nitrogens is 3. The zero-order chi connectivity index (χ0) is 21.1. The molecule has 2 aromatic carbocycles. The average Bonchev–Trinajstić information content (AvgIpc) is 3.24. The van der Waals surface area contributed by atoms with Crippen LogP contribution in [0.4, 0.5) is 13.2 Å². The molecule has 4 aromatic rings. The summed E-state index contributed by atoms with van der Waals surface area (Å²) < 4.78 is 48.9. The Morgan fingerprint density at radius 1 is 0.933 bits per heavy atom. The van der Waals surface area contributed by atoms with E-state index in [-0.39, 0.29) is 11.6 Å². The minimum atomic E-state index is -4.41. The van der Waals surface area contributed by atoms with Gasteiger partial charge in [-0.2, -0.15) is 18.2 Å². The molecular formula is C21H15F3N4O2. The van der Waals surface area contributed by atoms with E-state index >= 15 is 0 Å². The summed E-state index contributed by atoms with van der Waals surface area (Å²) in [7, 11) is 0. The molecule has 0 radical (unpaired) electrons. The average molecular weight is 412 g/mol. The van der Waals surface area contributed by atoms with Gasteiger partial charge in [-0.1, -0.05) is 17.3 Å². The van der Waals surface area contributed by atoms with E-state index in [4.69, 9.17) is 15.0 Å². The summed E-state index contributed by atoms with van der Waals surface area (Å²) >= 11 is 0. The fraction of sp³-hybridized carbons (Fsp3) is 0.0952. The van der Waals surface area contributed by atoms with Crippen LogP contribution in [-0.4, -0.2) is 15.1 Å². The Balaban J connectivity index is 1.53. The molecule has 0 amide bonds. The monoisotopic (exact) mass is 412 g/mol. The summed E-state index contributed by atoms with van der Waals surface area (Å²) in [5.41, 5.74) is 7.16. The second-order valence-electron chi connectivity index (χ2n) is 6.33. The Hall–Kier alpha value is -3.72. The Bertz CT molecular complexity index is 1140. The number of benzene rings is 2.